The Kier molecular flexibility index (Phi) is 5.99. The molecule has 1 aromatic rings. The largest absolute Gasteiger partial charge is 0.394 e. The van der Waals surface area contributed by atoms with Gasteiger partial charge in [-0.25, -0.2) is 9.18 Å². The number of hydrogen-bond donors (Lipinski definition) is 3. The van der Waals surface area contributed by atoms with Gasteiger partial charge in [-0.1, -0.05) is 19.8 Å². The van der Waals surface area contributed by atoms with Crippen LogP contribution >= 0.6 is 0 Å². The third-order valence-electron chi connectivity index (χ3n) is 2.90. The molecule has 0 bridgehead atoms. The summed E-state index contributed by atoms with van der Waals surface area (Å²) >= 11 is 0. The SMILES string of the molecule is CC.CC#CC1(F)C(n2ncc(=O)[nH]c2=O)OC(CO)[C@@H]1O. The summed E-state index contributed by atoms with van der Waals surface area (Å²) in [6.07, 6.45) is -3.92. The lowest BCUT2D eigenvalue weighted by atomic mass is 9.97. The molecule has 0 saturated carbocycles. The molecule has 1 aliphatic heterocycles. The van der Waals surface area contributed by atoms with Gasteiger partial charge < -0.3 is 14.9 Å². The van der Waals surface area contributed by atoms with E-state index < -0.39 is 42.0 Å². The molecule has 0 spiro atoms. The third kappa shape index (κ3) is 3.09. The molecule has 0 amide bonds. The second-order valence-electron chi connectivity index (χ2n) is 4.18. The topological polar surface area (TPSA) is 117 Å². The lowest BCUT2D eigenvalue weighted by Crippen LogP contribution is -2.46. The van der Waals surface area contributed by atoms with Gasteiger partial charge in [0.25, 0.3) is 5.56 Å². The van der Waals surface area contributed by atoms with Gasteiger partial charge in [-0.05, 0) is 6.92 Å². The summed E-state index contributed by atoms with van der Waals surface area (Å²) in [6, 6.07) is 0. The predicted molar refractivity (Wildman–Crippen MR) is 74.8 cm³/mol. The number of aliphatic hydroxyl groups excluding tert-OH is 2. The summed E-state index contributed by atoms with van der Waals surface area (Å²) in [4.78, 5) is 24.5. The smallest absolute Gasteiger partial charge is 0.347 e. The number of H-pyrrole nitrogens is 1. The van der Waals surface area contributed by atoms with Crippen LogP contribution in [0.1, 0.15) is 27.0 Å². The number of halogens is 1. The maximum absolute atomic E-state index is 14.8. The molecule has 3 N–H and O–H groups in total. The molecule has 1 aliphatic rings. The van der Waals surface area contributed by atoms with Crippen LogP contribution in [-0.4, -0.2) is 49.5 Å². The predicted octanol–water partition coefficient (Wildman–Crippen LogP) is -1.06. The van der Waals surface area contributed by atoms with Crippen molar-refractivity contribution in [1.29, 1.82) is 0 Å². The number of alkyl halides is 1. The first-order valence-electron chi connectivity index (χ1n) is 6.69. The highest BCUT2D eigenvalue weighted by molar-refractivity contribution is 5.22. The van der Waals surface area contributed by atoms with Gasteiger partial charge in [-0.15, -0.1) is 5.92 Å². The van der Waals surface area contributed by atoms with Gasteiger partial charge >= 0.3 is 5.69 Å². The quantitative estimate of drug-likeness (QED) is 0.599. The lowest BCUT2D eigenvalue weighted by Gasteiger charge is -2.22. The van der Waals surface area contributed by atoms with Crippen molar-refractivity contribution in [3.8, 4) is 11.8 Å². The van der Waals surface area contributed by atoms with E-state index in [0.717, 1.165) is 6.20 Å². The Balaban J connectivity index is 0.00000116. The van der Waals surface area contributed by atoms with E-state index in [4.69, 9.17) is 9.84 Å². The van der Waals surface area contributed by atoms with Gasteiger partial charge in [0.15, 0.2) is 0 Å². The molecule has 1 fully saturated rings. The van der Waals surface area contributed by atoms with Gasteiger partial charge in [-0.2, -0.15) is 9.78 Å². The van der Waals surface area contributed by atoms with Crippen LogP contribution in [0.5, 0.6) is 0 Å². The highest BCUT2D eigenvalue weighted by atomic mass is 19.1. The molecule has 122 valence electrons. The molecule has 2 heterocycles. The number of aromatic nitrogens is 3. The highest BCUT2D eigenvalue weighted by Gasteiger charge is 2.58. The summed E-state index contributed by atoms with van der Waals surface area (Å²) in [7, 11) is 0. The Morgan fingerprint density at radius 2 is 2.18 bits per heavy atom. The van der Waals surface area contributed by atoms with Gasteiger partial charge in [0, 0.05) is 0 Å². The van der Waals surface area contributed by atoms with E-state index in [2.05, 4.69) is 16.9 Å². The third-order valence-corrected chi connectivity index (χ3v) is 2.90. The highest BCUT2D eigenvalue weighted by Crippen LogP contribution is 2.40. The van der Waals surface area contributed by atoms with Gasteiger partial charge in [-0.3, -0.25) is 9.78 Å². The summed E-state index contributed by atoms with van der Waals surface area (Å²) < 4.78 is 20.5. The van der Waals surface area contributed by atoms with Crippen LogP contribution in [0.4, 0.5) is 4.39 Å². The molecule has 0 radical (unpaired) electrons. The number of ether oxygens (including phenoxy) is 1. The normalized spacial score (nSPS) is 30.0. The fraction of sp³-hybridized carbons (Fsp3) is 0.615. The standard InChI is InChI=1S/C11H12FN3O5.C2H6/c1-2-3-11(12)8(18)6(5-16)20-9(11)15-10(19)14-7(17)4-13-15;1-2/h4,6,8-9,16,18H,5H2,1H3,(H,14,17,19);1-2H3/t6?,8-,9?,11?;/m0./s1. The average molecular weight is 315 g/mol. The minimum atomic E-state index is -2.63. The van der Waals surface area contributed by atoms with Crippen LogP contribution in [0.15, 0.2) is 15.8 Å². The average Bonchev–Trinajstić information content (AvgIpc) is 2.74. The maximum Gasteiger partial charge on any atom is 0.347 e. The molecule has 1 saturated heterocycles. The molecule has 22 heavy (non-hydrogen) atoms. The van der Waals surface area contributed by atoms with Crippen molar-refractivity contribution < 1.29 is 19.3 Å². The molecule has 4 atom stereocenters. The first kappa shape index (κ1) is 18.0. The Hall–Kier alpha value is -2.02. The number of aromatic amines is 1. The monoisotopic (exact) mass is 315 g/mol. The summed E-state index contributed by atoms with van der Waals surface area (Å²) in [5.74, 6) is 4.42. The second kappa shape index (κ2) is 7.31. The lowest BCUT2D eigenvalue weighted by molar-refractivity contribution is -0.0611. The number of nitrogens with one attached hydrogen (secondary N) is 1. The van der Waals surface area contributed by atoms with Crippen LogP contribution in [0.3, 0.4) is 0 Å². The van der Waals surface area contributed by atoms with Crippen LogP contribution in [0.2, 0.25) is 0 Å². The molecular weight excluding hydrogens is 297 g/mol. The van der Waals surface area contributed by atoms with Gasteiger partial charge in [0.2, 0.25) is 11.9 Å². The Morgan fingerprint density at radius 1 is 1.55 bits per heavy atom. The summed E-state index contributed by atoms with van der Waals surface area (Å²) in [5, 5.41) is 22.4. The van der Waals surface area contributed by atoms with Crippen molar-refractivity contribution in [1.82, 2.24) is 14.8 Å². The van der Waals surface area contributed by atoms with E-state index in [1.807, 2.05) is 18.8 Å². The molecule has 2 rings (SSSR count). The fourth-order valence-electron chi connectivity index (χ4n) is 1.99. The van der Waals surface area contributed by atoms with Crippen LogP contribution in [0, 0.1) is 11.8 Å². The zero-order chi connectivity index (χ0) is 16.9. The van der Waals surface area contributed by atoms with E-state index in [1.165, 1.54) is 6.92 Å². The second-order valence-corrected chi connectivity index (χ2v) is 4.18. The molecule has 0 aliphatic carbocycles. The molecule has 8 nitrogen and oxygen atoms in total. The minimum absolute atomic E-state index is 0.532. The van der Waals surface area contributed by atoms with Crippen LogP contribution in [-0.2, 0) is 4.74 Å². The van der Waals surface area contributed by atoms with Crippen molar-refractivity contribution in [2.75, 3.05) is 6.61 Å². The van der Waals surface area contributed by atoms with Crippen molar-refractivity contribution in [2.45, 2.75) is 44.9 Å². The zero-order valence-electron chi connectivity index (χ0n) is 12.4. The molecular formula is C13H18FN3O5. The van der Waals surface area contributed by atoms with Crippen LogP contribution in [0.25, 0.3) is 0 Å². The first-order valence-corrected chi connectivity index (χ1v) is 6.69. The first-order chi connectivity index (χ1) is 10.4. The van der Waals surface area contributed by atoms with E-state index in [-0.39, 0.29) is 0 Å². The fourth-order valence-corrected chi connectivity index (χ4v) is 1.99. The van der Waals surface area contributed by atoms with Gasteiger partial charge in [0.05, 0.1) is 6.61 Å². The Bertz CT molecular complexity index is 676. The zero-order valence-corrected chi connectivity index (χ0v) is 12.4. The van der Waals surface area contributed by atoms with E-state index in [1.54, 1.807) is 0 Å². The van der Waals surface area contributed by atoms with Crippen molar-refractivity contribution in [3.63, 3.8) is 0 Å². The van der Waals surface area contributed by atoms with Crippen molar-refractivity contribution >= 4 is 0 Å². The molecule has 9 heteroatoms. The van der Waals surface area contributed by atoms with Gasteiger partial charge in [0.1, 0.15) is 18.4 Å². The molecule has 1 aromatic heterocycles. The van der Waals surface area contributed by atoms with Crippen LogP contribution < -0.4 is 11.2 Å². The van der Waals surface area contributed by atoms with Crippen molar-refractivity contribution in [3.05, 3.63) is 27.0 Å². The Labute approximate surface area is 125 Å². The maximum atomic E-state index is 14.8. The molecule has 0 aromatic carbocycles. The number of hydrogen-bond acceptors (Lipinski definition) is 6. The van der Waals surface area contributed by atoms with E-state index in [0.29, 0.717) is 4.68 Å². The van der Waals surface area contributed by atoms with Crippen molar-refractivity contribution in [2.24, 2.45) is 0 Å². The Morgan fingerprint density at radius 3 is 2.68 bits per heavy atom. The minimum Gasteiger partial charge on any atom is -0.394 e. The van der Waals surface area contributed by atoms with E-state index in [9.17, 15) is 19.1 Å². The number of rotatable bonds is 2. The van der Waals surface area contributed by atoms with E-state index >= 15 is 0 Å². The summed E-state index contributed by atoms with van der Waals surface area (Å²) in [6.45, 7) is 4.69. The summed E-state index contributed by atoms with van der Waals surface area (Å²) in [5.41, 5.74) is -4.39. The number of aliphatic hydroxyl groups is 2. The molecule has 3 unspecified atom stereocenters. The number of nitrogens with zero attached hydrogens (tertiary/aromatic N) is 2.